The van der Waals surface area contributed by atoms with Crippen molar-refractivity contribution in [3.05, 3.63) is 71.8 Å². The Balaban J connectivity index is 1.45. The van der Waals surface area contributed by atoms with Gasteiger partial charge in [-0.1, -0.05) is 36.4 Å². The van der Waals surface area contributed by atoms with Crippen LogP contribution in [0.25, 0.3) is 6.08 Å². The highest BCUT2D eigenvalue weighted by Crippen LogP contribution is 2.14. The fraction of sp³-hybridized carbons (Fsp3) is 0.308. The van der Waals surface area contributed by atoms with Crippen molar-refractivity contribution >= 4 is 29.7 Å². The van der Waals surface area contributed by atoms with Gasteiger partial charge in [-0.15, -0.1) is 0 Å². The Morgan fingerprint density at radius 3 is 2.18 bits per heavy atom. The lowest BCUT2D eigenvalue weighted by atomic mass is 10.2. The summed E-state index contributed by atoms with van der Waals surface area (Å²) in [6, 6.07) is 15.1. The van der Waals surface area contributed by atoms with Crippen molar-refractivity contribution in [3.8, 4) is 5.75 Å². The summed E-state index contributed by atoms with van der Waals surface area (Å²) >= 11 is 0. The summed E-state index contributed by atoms with van der Waals surface area (Å²) in [5.41, 5.74) is 0.982. The predicted octanol–water partition coefficient (Wildman–Crippen LogP) is 2.58. The van der Waals surface area contributed by atoms with Gasteiger partial charge in [-0.2, -0.15) is 0 Å². The van der Waals surface area contributed by atoms with Crippen molar-refractivity contribution in [2.75, 3.05) is 32.8 Å². The van der Waals surface area contributed by atoms with Crippen molar-refractivity contribution < 1.29 is 28.7 Å². The number of carbonyl (C=O) groups excluding carboxylic acids is 4. The second kappa shape index (κ2) is 11.9. The molecule has 0 aromatic heterocycles. The molecule has 0 unspecified atom stereocenters. The van der Waals surface area contributed by atoms with Gasteiger partial charge in [-0.3, -0.25) is 14.5 Å². The summed E-state index contributed by atoms with van der Waals surface area (Å²) in [6.45, 7) is 6.70. The first kappa shape index (κ1) is 24.9. The quantitative estimate of drug-likeness (QED) is 0.257. The topological polar surface area (TPSA) is 93.2 Å². The molecule has 1 saturated heterocycles. The highest BCUT2D eigenvalue weighted by Gasteiger charge is 2.23. The monoisotopic (exact) mass is 464 g/mol. The molecule has 2 aromatic carbocycles. The minimum Gasteiger partial charge on any atom is -0.452 e. The van der Waals surface area contributed by atoms with Gasteiger partial charge in [0.25, 0.3) is 11.7 Å². The van der Waals surface area contributed by atoms with Crippen LogP contribution in [-0.4, -0.2) is 72.3 Å². The third kappa shape index (κ3) is 7.11. The Labute approximate surface area is 198 Å². The van der Waals surface area contributed by atoms with Gasteiger partial charge in [0.1, 0.15) is 5.75 Å². The second-order valence-corrected chi connectivity index (χ2v) is 8.11. The minimum absolute atomic E-state index is 0.113. The molecular formula is C26H28N2O6. The zero-order valence-corrected chi connectivity index (χ0v) is 19.3. The molecule has 0 radical (unpaired) electrons. The van der Waals surface area contributed by atoms with Crippen molar-refractivity contribution in [2.24, 2.45) is 0 Å². The van der Waals surface area contributed by atoms with Crippen LogP contribution < -0.4 is 4.74 Å². The number of hydrogen-bond donors (Lipinski definition) is 0. The zero-order chi connectivity index (χ0) is 24.5. The number of hydrogen-bond acceptors (Lipinski definition) is 7. The van der Waals surface area contributed by atoms with E-state index in [1.54, 1.807) is 17.0 Å². The molecule has 34 heavy (non-hydrogen) atoms. The van der Waals surface area contributed by atoms with Crippen molar-refractivity contribution in [3.63, 3.8) is 0 Å². The van der Waals surface area contributed by atoms with E-state index in [4.69, 9.17) is 9.47 Å². The van der Waals surface area contributed by atoms with Crippen LogP contribution in [0.1, 0.15) is 29.8 Å². The van der Waals surface area contributed by atoms with Gasteiger partial charge in [0.2, 0.25) is 0 Å². The molecule has 1 aliphatic heterocycles. The molecule has 0 spiro atoms. The lowest BCUT2D eigenvalue weighted by Crippen LogP contribution is -2.51. The first-order valence-electron chi connectivity index (χ1n) is 11.1. The normalized spacial score (nSPS) is 14.3. The largest absolute Gasteiger partial charge is 0.452 e. The van der Waals surface area contributed by atoms with Crippen molar-refractivity contribution in [2.45, 2.75) is 19.9 Å². The molecule has 1 aliphatic rings. The smallest absolute Gasteiger partial charge is 0.384 e. The summed E-state index contributed by atoms with van der Waals surface area (Å²) in [7, 11) is 0. The van der Waals surface area contributed by atoms with Gasteiger partial charge in [0.15, 0.2) is 6.61 Å². The summed E-state index contributed by atoms with van der Waals surface area (Å²) in [6.07, 6.45) is 2.66. The fourth-order valence-electron chi connectivity index (χ4n) is 3.41. The molecule has 8 nitrogen and oxygen atoms in total. The fourth-order valence-corrected chi connectivity index (χ4v) is 3.41. The maximum absolute atomic E-state index is 12.3. The zero-order valence-electron chi connectivity index (χ0n) is 19.3. The van der Waals surface area contributed by atoms with Gasteiger partial charge in [-0.05, 0) is 49.8 Å². The number of nitrogens with zero attached hydrogens (tertiary/aromatic N) is 2. The van der Waals surface area contributed by atoms with E-state index >= 15 is 0 Å². The number of amides is 1. The number of ether oxygens (including phenoxy) is 2. The van der Waals surface area contributed by atoms with Crippen LogP contribution in [0.15, 0.2) is 60.7 Å². The molecule has 1 heterocycles. The van der Waals surface area contributed by atoms with Gasteiger partial charge >= 0.3 is 11.9 Å². The molecule has 0 atom stereocenters. The summed E-state index contributed by atoms with van der Waals surface area (Å²) in [4.78, 5) is 52.5. The molecule has 0 aliphatic carbocycles. The van der Waals surface area contributed by atoms with Gasteiger partial charge in [0, 0.05) is 32.2 Å². The maximum Gasteiger partial charge on any atom is 0.384 e. The van der Waals surface area contributed by atoms with Gasteiger partial charge in [0.05, 0.1) is 5.56 Å². The van der Waals surface area contributed by atoms with E-state index in [0.717, 1.165) is 24.7 Å². The van der Waals surface area contributed by atoms with E-state index in [1.807, 2.05) is 18.2 Å². The van der Waals surface area contributed by atoms with E-state index in [-0.39, 0.29) is 23.8 Å². The molecule has 3 rings (SSSR count). The van der Waals surface area contributed by atoms with Crippen LogP contribution in [0.5, 0.6) is 5.75 Å². The first-order chi connectivity index (χ1) is 16.3. The Kier molecular flexibility index (Phi) is 8.70. The van der Waals surface area contributed by atoms with Crippen LogP contribution in [0.2, 0.25) is 0 Å². The third-order valence-electron chi connectivity index (χ3n) is 5.45. The number of carbonyl (C=O) groups is 4. The predicted molar refractivity (Wildman–Crippen MR) is 126 cm³/mol. The molecular weight excluding hydrogens is 436 g/mol. The van der Waals surface area contributed by atoms with Crippen LogP contribution in [0.3, 0.4) is 0 Å². The van der Waals surface area contributed by atoms with E-state index < -0.39 is 17.7 Å². The van der Waals surface area contributed by atoms with Crippen LogP contribution in [-0.2, 0) is 19.1 Å². The van der Waals surface area contributed by atoms with Crippen LogP contribution >= 0.6 is 0 Å². The van der Waals surface area contributed by atoms with E-state index in [1.165, 1.54) is 30.3 Å². The molecule has 0 N–H and O–H groups in total. The molecule has 178 valence electrons. The number of ketones is 1. The Morgan fingerprint density at radius 2 is 1.56 bits per heavy atom. The van der Waals surface area contributed by atoms with Gasteiger partial charge in [-0.25, -0.2) is 9.59 Å². The molecule has 0 saturated carbocycles. The van der Waals surface area contributed by atoms with Gasteiger partial charge < -0.3 is 14.4 Å². The van der Waals surface area contributed by atoms with E-state index in [0.29, 0.717) is 19.1 Å². The maximum atomic E-state index is 12.3. The number of benzene rings is 2. The highest BCUT2D eigenvalue weighted by atomic mass is 16.5. The number of rotatable bonds is 8. The summed E-state index contributed by atoms with van der Waals surface area (Å²) in [5.74, 6) is -2.62. The SMILES string of the molecule is CC(C)N1CCN(C(=O)COC(=O)c2ccc(OC(=O)C(=O)/C=C/c3ccccc3)cc2)CC1. The first-order valence-corrected chi connectivity index (χ1v) is 11.1. The van der Waals surface area contributed by atoms with Crippen LogP contribution in [0.4, 0.5) is 0 Å². The molecule has 0 bridgehead atoms. The van der Waals surface area contributed by atoms with Crippen molar-refractivity contribution in [1.82, 2.24) is 9.80 Å². The Morgan fingerprint density at radius 1 is 0.912 bits per heavy atom. The lowest BCUT2D eigenvalue weighted by molar-refractivity contribution is -0.144. The average molecular weight is 465 g/mol. The van der Waals surface area contributed by atoms with E-state index in [9.17, 15) is 19.2 Å². The molecule has 1 amide bonds. The van der Waals surface area contributed by atoms with Crippen LogP contribution in [0, 0.1) is 0 Å². The Hall–Kier alpha value is -3.78. The Bertz CT molecular complexity index is 1040. The lowest BCUT2D eigenvalue weighted by Gasteiger charge is -2.36. The average Bonchev–Trinajstić information content (AvgIpc) is 2.86. The van der Waals surface area contributed by atoms with E-state index in [2.05, 4.69) is 18.7 Å². The summed E-state index contributed by atoms with van der Waals surface area (Å²) in [5, 5.41) is 0. The third-order valence-corrected chi connectivity index (χ3v) is 5.45. The molecule has 2 aromatic rings. The molecule has 1 fully saturated rings. The summed E-state index contributed by atoms with van der Waals surface area (Å²) < 4.78 is 10.2. The molecule has 8 heteroatoms. The standard InChI is InChI=1S/C26H28N2O6/c1-19(2)27-14-16-28(17-15-27)24(30)18-33-25(31)21-9-11-22(12-10-21)34-26(32)23(29)13-8-20-6-4-3-5-7-20/h3-13,19H,14-18H2,1-2H3/b13-8+. The number of piperazine rings is 1. The van der Waals surface area contributed by atoms with Crippen molar-refractivity contribution in [1.29, 1.82) is 0 Å². The highest BCUT2D eigenvalue weighted by molar-refractivity contribution is 6.39. The second-order valence-electron chi connectivity index (χ2n) is 8.11. The minimum atomic E-state index is -1.04. The number of esters is 2.